The smallest absolute Gasteiger partial charge is 0.262 e. The second kappa shape index (κ2) is 5.63. The molecule has 0 aromatic carbocycles. The predicted molar refractivity (Wildman–Crippen MR) is 80.6 cm³/mol. The fraction of sp³-hybridized carbons (Fsp3) is 0.571. The van der Waals surface area contributed by atoms with E-state index in [1.165, 1.54) is 0 Å². The molecule has 108 valence electrons. The minimum atomic E-state index is 0.0881. The van der Waals surface area contributed by atoms with Gasteiger partial charge >= 0.3 is 0 Å². The first-order chi connectivity index (χ1) is 9.65. The molecule has 6 heteroatoms. The second-order valence-corrected chi connectivity index (χ2v) is 6.38. The molecule has 1 saturated heterocycles. The molecule has 0 spiro atoms. The number of aromatic nitrogens is 2. The van der Waals surface area contributed by atoms with E-state index in [0.29, 0.717) is 6.54 Å². The minimum Gasteiger partial charge on any atom is -0.379 e. The number of fused-ring (bicyclic) bond motifs is 1. The van der Waals surface area contributed by atoms with E-state index in [2.05, 4.69) is 9.88 Å². The standard InChI is InChI=1S/C14H19N3O2S/c1-10-9-12-13(20-10)15-11(2)17(14(12)18)4-3-16-5-7-19-8-6-16/h9H,3-8H2,1-2H3. The van der Waals surface area contributed by atoms with Crippen LogP contribution in [0.4, 0.5) is 0 Å². The Hall–Kier alpha value is -1.24. The Labute approximate surface area is 121 Å². The van der Waals surface area contributed by atoms with Crippen LogP contribution in [0.5, 0.6) is 0 Å². The molecule has 2 aromatic heterocycles. The largest absolute Gasteiger partial charge is 0.379 e. The quantitative estimate of drug-likeness (QED) is 0.858. The van der Waals surface area contributed by atoms with Crippen LogP contribution in [0.2, 0.25) is 0 Å². The normalized spacial score (nSPS) is 16.9. The maximum absolute atomic E-state index is 12.5. The van der Waals surface area contributed by atoms with Crippen LogP contribution in [0.25, 0.3) is 10.2 Å². The van der Waals surface area contributed by atoms with E-state index in [-0.39, 0.29) is 5.56 Å². The summed E-state index contributed by atoms with van der Waals surface area (Å²) >= 11 is 1.58. The molecule has 2 aromatic rings. The van der Waals surface area contributed by atoms with Gasteiger partial charge in [0.1, 0.15) is 10.7 Å². The number of morpholine rings is 1. The molecule has 1 aliphatic heterocycles. The summed E-state index contributed by atoms with van der Waals surface area (Å²) in [5.41, 5.74) is 0.0881. The van der Waals surface area contributed by atoms with Gasteiger partial charge in [0, 0.05) is 31.1 Å². The van der Waals surface area contributed by atoms with Crippen LogP contribution in [-0.4, -0.2) is 47.3 Å². The molecule has 0 unspecified atom stereocenters. The van der Waals surface area contributed by atoms with Gasteiger partial charge in [-0.25, -0.2) is 4.98 Å². The molecule has 20 heavy (non-hydrogen) atoms. The lowest BCUT2D eigenvalue weighted by Gasteiger charge is -2.26. The lowest BCUT2D eigenvalue weighted by Crippen LogP contribution is -2.39. The van der Waals surface area contributed by atoms with Gasteiger partial charge in [0.25, 0.3) is 5.56 Å². The summed E-state index contributed by atoms with van der Waals surface area (Å²) < 4.78 is 7.13. The van der Waals surface area contributed by atoms with Crippen molar-refractivity contribution in [3.05, 3.63) is 27.1 Å². The Bertz CT molecular complexity index is 671. The van der Waals surface area contributed by atoms with Crippen LogP contribution >= 0.6 is 11.3 Å². The van der Waals surface area contributed by atoms with E-state index < -0.39 is 0 Å². The molecule has 5 nitrogen and oxygen atoms in total. The highest BCUT2D eigenvalue weighted by Crippen LogP contribution is 2.20. The van der Waals surface area contributed by atoms with Gasteiger partial charge in [-0.3, -0.25) is 14.3 Å². The van der Waals surface area contributed by atoms with E-state index in [9.17, 15) is 4.79 Å². The van der Waals surface area contributed by atoms with Gasteiger partial charge in [-0.05, 0) is 19.9 Å². The zero-order valence-electron chi connectivity index (χ0n) is 11.9. The average molecular weight is 293 g/mol. The van der Waals surface area contributed by atoms with Crippen molar-refractivity contribution >= 4 is 21.6 Å². The first-order valence-electron chi connectivity index (χ1n) is 6.93. The third kappa shape index (κ3) is 2.63. The Morgan fingerprint density at radius 3 is 2.80 bits per heavy atom. The maximum Gasteiger partial charge on any atom is 0.262 e. The summed E-state index contributed by atoms with van der Waals surface area (Å²) in [6.45, 7) is 8.96. The molecular formula is C14H19N3O2S. The number of hydrogen-bond acceptors (Lipinski definition) is 5. The Morgan fingerprint density at radius 1 is 1.30 bits per heavy atom. The zero-order valence-corrected chi connectivity index (χ0v) is 12.7. The molecule has 3 rings (SSSR count). The van der Waals surface area contributed by atoms with E-state index in [1.54, 1.807) is 15.9 Å². The summed E-state index contributed by atoms with van der Waals surface area (Å²) in [5, 5.41) is 0.750. The molecule has 0 saturated carbocycles. The molecule has 0 N–H and O–H groups in total. The summed E-state index contributed by atoms with van der Waals surface area (Å²) in [5.74, 6) is 0.803. The van der Waals surface area contributed by atoms with Gasteiger partial charge in [-0.15, -0.1) is 11.3 Å². The number of ether oxygens (including phenoxy) is 1. The highest BCUT2D eigenvalue weighted by Gasteiger charge is 2.13. The second-order valence-electron chi connectivity index (χ2n) is 5.15. The summed E-state index contributed by atoms with van der Waals surface area (Å²) in [7, 11) is 0. The fourth-order valence-electron chi connectivity index (χ4n) is 2.57. The number of aryl methyl sites for hydroxylation is 2. The van der Waals surface area contributed by atoms with Crippen molar-refractivity contribution in [1.29, 1.82) is 0 Å². The molecule has 0 radical (unpaired) electrons. The maximum atomic E-state index is 12.5. The van der Waals surface area contributed by atoms with Crippen molar-refractivity contribution in [3.63, 3.8) is 0 Å². The van der Waals surface area contributed by atoms with Gasteiger partial charge in [0.2, 0.25) is 0 Å². The van der Waals surface area contributed by atoms with Crippen LogP contribution < -0.4 is 5.56 Å². The van der Waals surface area contributed by atoms with Crippen LogP contribution in [0.15, 0.2) is 10.9 Å². The zero-order chi connectivity index (χ0) is 14.1. The van der Waals surface area contributed by atoms with Crippen LogP contribution in [0.1, 0.15) is 10.7 Å². The third-order valence-corrected chi connectivity index (χ3v) is 4.65. The number of hydrogen-bond donors (Lipinski definition) is 0. The highest BCUT2D eigenvalue weighted by molar-refractivity contribution is 7.18. The van der Waals surface area contributed by atoms with Crippen molar-refractivity contribution in [2.75, 3.05) is 32.8 Å². The molecule has 0 aliphatic carbocycles. The minimum absolute atomic E-state index is 0.0881. The Morgan fingerprint density at radius 2 is 2.05 bits per heavy atom. The molecule has 0 atom stereocenters. The van der Waals surface area contributed by atoms with Crippen molar-refractivity contribution in [2.45, 2.75) is 20.4 Å². The summed E-state index contributed by atoms with van der Waals surface area (Å²) in [4.78, 5) is 21.4. The fourth-order valence-corrected chi connectivity index (χ4v) is 3.48. The highest BCUT2D eigenvalue weighted by atomic mass is 32.1. The topological polar surface area (TPSA) is 47.4 Å². The molecule has 1 aliphatic rings. The van der Waals surface area contributed by atoms with Gasteiger partial charge in [-0.1, -0.05) is 0 Å². The lowest BCUT2D eigenvalue weighted by atomic mass is 10.3. The summed E-state index contributed by atoms with van der Waals surface area (Å²) in [6.07, 6.45) is 0. The van der Waals surface area contributed by atoms with E-state index >= 15 is 0 Å². The first kappa shape index (κ1) is 13.7. The monoisotopic (exact) mass is 293 g/mol. The predicted octanol–water partition coefficient (Wildman–Crippen LogP) is 1.41. The third-order valence-electron chi connectivity index (χ3n) is 3.71. The molecule has 0 bridgehead atoms. The summed E-state index contributed by atoms with van der Waals surface area (Å²) in [6, 6.07) is 1.94. The first-order valence-corrected chi connectivity index (χ1v) is 7.74. The SMILES string of the molecule is Cc1cc2c(=O)n(CCN3CCOCC3)c(C)nc2s1. The van der Waals surface area contributed by atoms with Crippen molar-refractivity contribution in [3.8, 4) is 0 Å². The average Bonchev–Trinajstić information content (AvgIpc) is 2.80. The lowest BCUT2D eigenvalue weighted by molar-refractivity contribution is 0.0362. The number of rotatable bonds is 3. The van der Waals surface area contributed by atoms with Crippen LogP contribution in [0.3, 0.4) is 0 Å². The molecule has 0 amide bonds. The van der Waals surface area contributed by atoms with Crippen molar-refractivity contribution < 1.29 is 4.74 Å². The van der Waals surface area contributed by atoms with Crippen LogP contribution in [-0.2, 0) is 11.3 Å². The molecular weight excluding hydrogens is 274 g/mol. The van der Waals surface area contributed by atoms with E-state index in [1.807, 2.05) is 19.9 Å². The number of thiophene rings is 1. The molecule has 1 fully saturated rings. The van der Waals surface area contributed by atoms with Gasteiger partial charge in [-0.2, -0.15) is 0 Å². The van der Waals surface area contributed by atoms with Crippen molar-refractivity contribution in [1.82, 2.24) is 14.5 Å². The number of nitrogens with zero attached hydrogens (tertiary/aromatic N) is 3. The van der Waals surface area contributed by atoms with E-state index in [4.69, 9.17) is 4.74 Å². The van der Waals surface area contributed by atoms with Gasteiger partial charge in [0.15, 0.2) is 0 Å². The van der Waals surface area contributed by atoms with Crippen LogP contribution in [0, 0.1) is 13.8 Å². The van der Waals surface area contributed by atoms with Gasteiger partial charge in [0.05, 0.1) is 18.6 Å². The van der Waals surface area contributed by atoms with E-state index in [0.717, 1.165) is 53.8 Å². The molecule has 3 heterocycles. The Balaban J connectivity index is 1.85. The Kier molecular flexibility index (Phi) is 3.87. The van der Waals surface area contributed by atoms with Gasteiger partial charge < -0.3 is 4.74 Å². The van der Waals surface area contributed by atoms with Crippen molar-refractivity contribution in [2.24, 2.45) is 0 Å².